The average Bonchev–Trinajstić information content (AvgIpc) is 4.08. The Morgan fingerprint density at radius 3 is 1.22 bits per heavy atom. The molecular weight excluding hydrogens is 801 g/mol. The second-order valence-corrected chi connectivity index (χ2v) is 20.9. The summed E-state index contributed by atoms with van der Waals surface area (Å²) >= 11 is 0. The molecule has 3 rings (SSSR count). The van der Waals surface area contributed by atoms with Crippen molar-refractivity contribution in [3.8, 4) is 22.6 Å². The van der Waals surface area contributed by atoms with Crippen molar-refractivity contribution < 1.29 is 55.0 Å². The molecule has 0 aromatic heterocycles. The molecule has 60 heavy (non-hydrogen) atoms. The molecule has 0 saturated carbocycles. The summed E-state index contributed by atoms with van der Waals surface area (Å²) in [4.78, 5) is 0. The highest BCUT2D eigenvalue weighted by Gasteiger charge is 2.41. The summed E-state index contributed by atoms with van der Waals surface area (Å²) in [5.41, 5.74) is 2.02. The van der Waals surface area contributed by atoms with E-state index in [1.807, 2.05) is 53.7 Å². The number of hydrogen-bond donors (Lipinski definition) is 0. The van der Waals surface area contributed by atoms with E-state index in [9.17, 15) is 0 Å². The molecule has 1 heterocycles. The zero-order chi connectivity index (χ0) is 43.2. The van der Waals surface area contributed by atoms with Gasteiger partial charge in [-0.3, -0.25) is 0 Å². The first kappa shape index (κ1) is 52.4. The lowest BCUT2D eigenvalue weighted by Gasteiger charge is -2.31. The van der Waals surface area contributed by atoms with Crippen molar-refractivity contribution in [3.63, 3.8) is 0 Å². The van der Waals surface area contributed by atoms with E-state index in [4.69, 9.17) is 55.0 Å². The van der Waals surface area contributed by atoms with Gasteiger partial charge in [0.25, 0.3) is 0 Å². The zero-order valence-corrected chi connectivity index (χ0v) is 40.3. The SMILES string of the molecule is CCO[Si](CCCOCC(C)(COCCCCCCCCOc1ccc(-c2ccc(OCC3CO3)cc2)cc1)COCCC[Si](OCC)(OCC)OCC)(OCC)OCC. The highest BCUT2D eigenvalue weighted by molar-refractivity contribution is 6.61. The minimum atomic E-state index is -2.70. The quantitative estimate of drug-likeness (QED) is 0.0361. The predicted octanol–water partition coefficient (Wildman–Crippen LogP) is 9.78. The average molecular weight is 881 g/mol. The third-order valence-corrected chi connectivity index (χ3v) is 16.2. The maximum atomic E-state index is 6.27. The first-order valence-electron chi connectivity index (χ1n) is 22.9. The summed E-state index contributed by atoms with van der Waals surface area (Å²) in [6.45, 7) is 23.2. The largest absolute Gasteiger partial charge is 0.501 e. The first-order chi connectivity index (χ1) is 29.3. The molecule has 0 amide bonds. The maximum Gasteiger partial charge on any atom is 0.501 e. The van der Waals surface area contributed by atoms with Crippen LogP contribution in [0, 0.1) is 5.41 Å². The van der Waals surface area contributed by atoms with Gasteiger partial charge in [0.15, 0.2) is 0 Å². The van der Waals surface area contributed by atoms with Gasteiger partial charge >= 0.3 is 17.6 Å². The molecule has 1 atom stereocenters. The molecule has 14 heteroatoms. The summed E-state index contributed by atoms with van der Waals surface area (Å²) in [5.74, 6) is 1.78. The first-order valence-corrected chi connectivity index (χ1v) is 26.8. The molecule has 0 radical (unpaired) electrons. The Hall–Kier alpha value is -1.93. The molecule has 0 N–H and O–H groups in total. The molecule has 1 saturated heterocycles. The Balaban J connectivity index is 1.33. The molecule has 0 aliphatic carbocycles. The van der Waals surface area contributed by atoms with Crippen molar-refractivity contribution in [2.24, 2.45) is 5.41 Å². The Morgan fingerprint density at radius 1 is 0.483 bits per heavy atom. The minimum Gasteiger partial charge on any atom is -0.494 e. The molecule has 0 spiro atoms. The van der Waals surface area contributed by atoms with Gasteiger partial charge < -0.3 is 55.0 Å². The predicted molar refractivity (Wildman–Crippen MR) is 241 cm³/mol. The van der Waals surface area contributed by atoms with Crippen LogP contribution in [-0.2, 0) is 45.5 Å². The topological polar surface area (TPSA) is 114 Å². The standard InChI is InChI=1S/C46H80O12Si2/c1-8-53-59(54-9-2,55-10-3)34-20-31-48-39-46(7,40-49-32-21-35-60(56-11-4,57-12-5)58-13-6)38-47-30-18-16-14-15-17-19-33-50-43-26-22-41(23-27-43)42-24-28-44(29-25-42)51-36-45-37-52-45/h22-29,45H,8-21,30-40H2,1-7H3. The zero-order valence-electron chi connectivity index (χ0n) is 38.3. The second-order valence-electron chi connectivity index (χ2n) is 15.4. The molecule has 1 fully saturated rings. The Bertz CT molecular complexity index is 1260. The van der Waals surface area contributed by atoms with Crippen molar-refractivity contribution in [3.05, 3.63) is 48.5 Å². The van der Waals surface area contributed by atoms with Gasteiger partial charge in [0.05, 0.1) is 33.0 Å². The van der Waals surface area contributed by atoms with Crippen LogP contribution in [0.5, 0.6) is 11.5 Å². The summed E-state index contributed by atoms with van der Waals surface area (Å²) in [7, 11) is -5.40. The fourth-order valence-corrected chi connectivity index (χ4v) is 12.1. The fourth-order valence-electron chi connectivity index (χ4n) is 6.91. The van der Waals surface area contributed by atoms with E-state index in [1.54, 1.807) is 0 Å². The Labute approximate surface area is 365 Å². The van der Waals surface area contributed by atoms with Crippen LogP contribution in [0.2, 0.25) is 12.1 Å². The van der Waals surface area contributed by atoms with Crippen LogP contribution < -0.4 is 9.47 Å². The number of hydrogen-bond acceptors (Lipinski definition) is 12. The number of ether oxygens (including phenoxy) is 6. The molecule has 2 aromatic carbocycles. The lowest BCUT2D eigenvalue weighted by molar-refractivity contribution is -0.0610. The van der Waals surface area contributed by atoms with Crippen molar-refractivity contribution in [1.82, 2.24) is 0 Å². The minimum absolute atomic E-state index is 0.259. The maximum absolute atomic E-state index is 6.27. The summed E-state index contributed by atoms with van der Waals surface area (Å²) in [5, 5.41) is 0. The summed E-state index contributed by atoms with van der Waals surface area (Å²) in [6, 6.07) is 18.0. The van der Waals surface area contributed by atoms with Gasteiger partial charge in [0.2, 0.25) is 0 Å². The Kier molecular flexibility index (Phi) is 27.1. The van der Waals surface area contributed by atoms with Crippen LogP contribution in [-0.4, -0.2) is 123 Å². The van der Waals surface area contributed by atoms with E-state index < -0.39 is 17.6 Å². The fraction of sp³-hybridized carbons (Fsp3) is 0.739. The third kappa shape index (κ3) is 21.4. The van der Waals surface area contributed by atoms with Gasteiger partial charge in [-0.15, -0.1) is 0 Å². The van der Waals surface area contributed by atoms with E-state index >= 15 is 0 Å². The van der Waals surface area contributed by atoms with Gasteiger partial charge in [-0.1, -0.05) is 56.9 Å². The van der Waals surface area contributed by atoms with Gasteiger partial charge in [-0.05, 0) is 103 Å². The number of unbranched alkanes of at least 4 members (excludes halogenated alkanes) is 5. The van der Waals surface area contributed by atoms with Crippen molar-refractivity contribution >= 4 is 17.6 Å². The van der Waals surface area contributed by atoms with Gasteiger partial charge in [-0.2, -0.15) is 0 Å². The number of benzene rings is 2. The molecule has 1 unspecified atom stereocenters. The van der Waals surface area contributed by atoms with E-state index in [2.05, 4.69) is 43.3 Å². The van der Waals surface area contributed by atoms with Crippen LogP contribution in [0.1, 0.15) is 99.8 Å². The van der Waals surface area contributed by atoms with Gasteiger partial charge in [0, 0.05) is 77.0 Å². The highest BCUT2D eigenvalue weighted by Crippen LogP contribution is 2.26. The monoisotopic (exact) mass is 881 g/mol. The summed E-state index contributed by atoms with van der Waals surface area (Å²) in [6.07, 6.45) is 8.60. The van der Waals surface area contributed by atoms with E-state index in [-0.39, 0.29) is 11.5 Å². The van der Waals surface area contributed by atoms with E-state index in [0.29, 0.717) is 79.3 Å². The van der Waals surface area contributed by atoms with Crippen LogP contribution in [0.3, 0.4) is 0 Å². The smallest absolute Gasteiger partial charge is 0.494 e. The number of rotatable bonds is 40. The van der Waals surface area contributed by atoms with Crippen LogP contribution in [0.15, 0.2) is 48.5 Å². The van der Waals surface area contributed by atoms with Crippen LogP contribution in [0.25, 0.3) is 11.1 Å². The van der Waals surface area contributed by atoms with Crippen molar-refractivity contribution in [2.45, 2.75) is 118 Å². The molecule has 12 nitrogen and oxygen atoms in total. The normalized spacial score (nSPS) is 14.5. The third-order valence-electron chi connectivity index (χ3n) is 9.91. The molecule has 1 aliphatic rings. The van der Waals surface area contributed by atoms with Crippen LogP contribution in [0.4, 0.5) is 0 Å². The van der Waals surface area contributed by atoms with Crippen molar-refractivity contribution in [2.75, 3.05) is 99.1 Å². The van der Waals surface area contributed by atoms with Gasteiger partial charge in [0.1, 0.15) is 24.2 Å². The van der Waals surface area contributed by atoms with Crippen LogP contribution >= 0.6 is 0 Å². The molecule has 344 valence electrons. The van der Waals surface area contributed by atoms with Crippen molar-refractivity contribution in [1.29, 1.82) is 0 Å². The van der Waals surface area contributed by atoms with Gasteiger partial charge in [-0.25, -0.2) is 0 Å². The highest BCUT2D eigenvalue weighted by atomic mass is 28.4. The lowest BCUT2D eigenvalue weighted by atomic mass is 9.94. The second kappa shape index (κ2) is 31.0. The van der Waals surface area contributed by atoms with E-state index in [0.717, 1.165) is 93.1 Å². The summed E-state index contributed by atoms with van der Waals surface area (Å²) < 4.78 is 72.0. The molecule has 0 bridgehead atoms. The molecular formula is C46H80O12Si2. The Morgan fingerprint density at radius 2 is 0.833 bits per heavy atom. The number of epoxide rings is 1. The molecule has 2 aromatic rings. The lowest BCUT2D eigenvalue weighted by Crippen LogP contribution is -2.46. The molecule has 1 aliphatic heterocycles. The van der Waals surface area contributed by atoms with E-state index in [1.165, 1.54) is 12.8 Å².